The van der Waals surface area contributed by atoms with Crippen molar-refractivity contribution in [3.8, 4) is 11.1 Å². The van der Waals surface area contributed by atoms with Gasteiger partial charge in [0.15, 0.2) is 0 Å². The number of anilines is 1. The van der Waals surface area contributed by atoms with Gasteiger partial charge in [-0.25, -0.2) is 14.4 Å². The molecule has 1 atom stereocenters. The SMILES string of the molecule is Cc1c(CN2CCO[C@H](c3nc(N(C)C)ncc3-c3ccc(F)cc3)C2)cnn1C. The number of aryl methyl sites for hydroxylation is 1. The second kappa shape index (κ2) is 8.49. The van der Waals surface area contributed by atoms with Gasteiger partial charge in [-0.05, 0) is 24.6 Å². The summed E-state index contributed by atoms with van der Waals surface area (Å²) in [6.07, 6.45) is 3.54. The number of ether oxygens (including phenoxy) is 1. The minimum Gasteiger partial charge on any atom is -0.369 e. The molecule has 0 saturated carbocycles. The van der Waals surface area contributed by atoms with E-state index in [9.17, 15) is 4.39 Å². The Hall–Kier alpha value is -2.84. The van der Waals surface area contributed by atoms with Gasteiger partial charge >= 0.3 is 0 Å². The molecule has 0 spiro atoms. The fraction of sp³-hybridized carbons (Fsp3) is 0.409. The molecule has 1 aromatic carbocycles. The van der Waals surface area contributed by atoms with Crippen LogP contribution in [0.15, 0.2) is 36.7 Å². The summed E-state index contributed by atoms with van der Waals surface area (Å²) in [7, 11) is 5.78. The Morgan fingerprint density at radius 1 is 1.20 bits per heavy atom. The molecule has 1 aliphatic rings. The average molecular weight is 410 g/mol. The van der Waals surface area contributed by atoms with E-state index in [2.05, 4.69) is 21.9 Å². The van der Waals surface area contributed by atoms with Crippen molar-refractivity contribution in [1.29, 1.82) is 0 Å². The molecule has 2 aromatic heterocycles. The van der Waals surface area contributed by atoms with Gasteiger partial charge in [0, 0.05) is 63.8 Å². The van der Waals surface area contributed by atoms with Crippen LogP contribution in [0.3, 0.4) is 0 Å². The minimum atomic E-state index is -0.266. The van der Waals surface area contributed by atoms with Crippen molar-refractivity contribution in [3.63, 3.8) is 0 Å². The highest BCUT2D eigenvalue weighted by Gasteiger charge is 2.27. The van der Waals surface area contributed by atoms with Gasteiger partial charge in [0.25, 0.3) is 0 Å². The number of hydrogen-bond donors (Lipinski definition) is 0. The van der Waals surface area contributed by atoms with Crippen molar-refractivity contribution in [3.05, 3.63) is 59.4 Å². The predicted octanol–water partition coefficient (Wildman–Crippen LogP) is 2.96. The van der Waals surface area contributed by atoms with E-state index in [-0.39, 0.29) is 11.9 Å². The first-order valence-electron chi connectivity index (χ1n) is 10.0. The smallest absolute Gasteiger partial charge is 0.225 e. The third-order valence-electron chi connectivity index (χ3n) is 5.55. The van der Waals surface area contributed by atoms with Crippen molar-refractivity contribution in [2.24, 2.45) is 7.05 Å². The highest BCUT2D eigenvalue weighted by atomic mass is 19.1. The zero-order chi connectivity index (χ0) is 21.3. The number of rotatable bonds is 5. The summed E-state index contributed by atoms with van der Waals surface area (Å²) in [5.74, 6) is 0.359. The Labute approximate surface area is 176 Å². The Balaban J connectivity index is 1.64. The molecule has 0 N–H and O–H groups in total. The number of hydrogen-bond acceptors (Lipinski definition) is 6. The van der Waals surface area contributed by atoms with Gasteiger partial charge in [0.05, 0.1) is 18.5 Å². The number of halogens is 1. The molecule has 0 amide bonds. The van der Waals surface area contributed by atoms with Crippen LogP contribution in [0, 0.1) is 12.7 Å². The monoisotopic (exact) mass is 410 g/mol. The number of aromatic nitrogens is 4. The fourth-order valence-electron chi connectivity index (χ4n) is 3.65. The van der Waals surface area contributed by atoms with Crippen LogP contribution in [0.25, 0.3) is 11.1 Å². The first-order chi connectivity index (χ1) is 14.4. The molecule has 0 bridgehead atoms. The van der Waals surface area contributed by atoms with Crippen LogP contribution in [-0.2, 0) is 18.3 Å². The van der Waals surface area contributed by atoms with Gasteiger partial charge in [-0.1, -0.05) is 12.1 Å². The van der Waals surface area contributed by atoms with Crippen LogP contribution < -0.4 is 4.90 Å². The lowest BCUT2D eigenvalue weighted by molar-refractivity contribution is -0.0347. The Bertz CT molecular complexity index is 1020. The maximum absolute atomic E-state index is 13.4. The van der Waals surface area contributed by atoms with Gasteiger partial charge in [-0.2, -0.15) is 5.10 Å². The average Bonchev–Trinajstić information content (AvgIpc) is 3.06. The van der Waals surface area contributed by atoms with E-state index in [1.807, 2.05) is 36.9 Å². The molecular weight excluding hydrogens is 383 g/mol. The zero-order valence-corrected chi connectivity index (χ0v) is 17.8. The summed E-state index contributed by atoms with van der Waals surface area (Å²) in [4.78, 5) is 13.5. The second-order valence-electron chi connectivity index (χ2n) is 7.84. The maximum atomic E-state index is 13.4. The van der Waals surface area contributed by atoms with E-state index in [4.69, 9.17) is 9.72 Å². The van der Waals surface area contributed by atoms with Crippen molar-refractivity contribution in [2.45, 2.75) is 19.6 Å². The molecule has 8 heteroatoms. The molecular formula is C22H27FN6O. The van der Waals surface area contributed by atoms with Gasteiger partial charge in [0.1, 0.15) is 11.9 Å². The quantitative estimate of drug-likeness (QED) is 0.645. The van der Waals surface area contributed by atoms with E-state index >= 15 is 0 Å². The molecule has 30 heavy (non-hydrogen) atoms. The van der Waals surface area contributed by atoms with E-state index in [1.54, 1.807) is 18.3 Å². The zero-order valence-electron chi connectivity index (χ0n) is 17.8. The molecule has 1 saturated heterocycles. The number of nitrogens with zero attached hydrogens (tertiary/aromatic N) is 6. The molecule has 3 aromatic rings. The summed E-state index contributed by atoms with van der Waals surface area (Å²) in [6.45, 7) is 5.08. The lowest BCUT2D eigenvalue weighted by Crippen LogP contribution is -2.38. The number of morpholine rings is 1. The van der Waals surface area contributed by atoms with Crippen LogP contribution in [0.1, 0.15) is 23.1 Å². The van der Waals surface area contributed by atoms with Crippen LogP contribution in [0.4, 0.5) is 10.3 Å². The van der Waals surface area contributed by atoms with Crippen LogP contribution in [0.5, 0.6) is 0 Å². The van der Waals surface area contributed by atoms with Crippen molar-refractivity contribution >= 4 is 5.95 Å². The summed E-state index contributed by atoms with van der Waals surface area (Å²) < 4.78 is 21.5. The molecule has 1 fully saturated rings. The van der Waals surface area contributed by atoms with E-state index < -0.39 is 0 Å². The molecule has 0 aliphatic carbocycles. The van der Waals surface area contributed by atoms with E-state index in [0.29, 0.717) is 19.1 Å². The molecule has 4 rings (SSSR count). The highest BCUT2D eigenvalue weighted by Crippen LogP contribution is 2.32. The van der Waals surface area contributed by atoms with Crippen molar-refractivity contribution in [1.82, 2.24) is 24.6 Å². The van der Waals surface area contributed by atoms with Gasteiger partial charge in [-0.3, -0.25) is 9.58 Å². The summed E-state index contributed by atoms with van der Waals surface area (Å²) in [5, 5.41) is 4.35. The largest absolute Gasteiger partial charge is 0.369 e. The topological polar surface area (TPSA) is 59.3 Å². The third-order valence-corrected chi connectivity index (χ3v) is 5.55. The maximum Gasteiger partial charge on any atom is 0.225 e. The first-order valence-corrected chi connectivity index (χ1v) is 10.0. The highest BCUT2D eigenvalue weighted by molar-refractivity contribution is 5.66. The Morgan fingerprint density at radius 2 is 1.97 bits per heavy atom. The normalized spacial score (nSPS) is 17.3. The van der Waals surface area contributed by atoms with Gasteiger partial charge in [0.2, 0.25) is 5.95 Å². The predicted molar refractivity (Wildman–Crippen MR) is 114 cm³/mol. The summed E-state index contributed by atoms with van der Waals surface area (Å²) in [6, 6.07) is 6.43. The van der Waals surface area contributed by atoms with Gasteiger partial charge < -0.3 is 9.64 Å². The lowest BCUT2D eigenvalue weighted by atomic mass is 10.0. The minimum absolute atomic E-state index is 0.197. The summed E-state index contributed by atoms with van der Waals surface area (Å²) in [5.41, 5.74) is 4.95. The van der Waals surface area contributed by atoms with E-state index in [1.165, 1.54) is 23.4 Å². The first kappa shape index (κ1) is 20.4. The lowest BCUT2D eigenvalue weighted by Gasteiger charge is -2.33. The third kappa shape index (κ3) is 4.20. The Kier molecular flexibility index (Phi) is 5.78. The Morgan fingerprint density at radius 3 is 2.63 bits per heavy atom. The number of benzene rings is 1. The summed E-state index contributed by atoms with van der Waals surface area (Å²) >= 11 is 0. The molecule has 3 heterocycles. The second-order valence-corrected chi connectivity index (χ2v) is 7.84. The van der Waals surface area contributed by atoms with E-state index in [0.717, 1.165) is 29.9 Å². The van der Waals surface area contributed by atoms with Crippen LogP contribution in [-0.4, -0.2) is 58.4 Å². The van der Waals surface area contributed by atoms with Gasteiger partial charge in [-0.15, -0.1) is 0 Å². The molecule has 1 aliphatic heterocycles. The molecule has 158 valence electrons. The fourth-order valence-corrected chi connectivity index (χ4v) is 3.65. The molecule has 0 radical (unpaired) electrons. The van der Waals surface area contributed by atoms with Crippen molar-refractivity contribution in [2.75, 3.05) is 38.7 Å². The standard InChI is InChI=1S/C22H27FN6O/c1-15-17(11-25-28(15)4)13-29-9-10-30-20(14-29)21-19(12-24-22(26-21)27(2)3)16-5-7-18(23)8-6-16/h5-8,11-12,20H,9-10,13-14H2,1-4H3/t20-/m0/s1. The molecule has 7 nitrogen and oxygen atoms in total. The van der Waals surface area contributed by atoms with Crippen molar-refractivity contribution < 1.29 is 9.13 Å². The molecule has 0 unspecified atom stereocenters. The van der Waals surface area contributed by atoms with Crippen LogP contribution in [0.2, 0.25) is 0 Å². The van der Waals surface area contributed by atoms with Crippen LogP contribution >= 0.6 is 0 Å².